The molecule has 0 N–H and O–H groups in total. The molecule has 3 aliphatic carbocycles. The lowest BCUT2D eigenvalue weighted by Crippen LogP contribution is -2.44. The Hall–Kier alpha value is -4.76. The highest BCUT2D eigenvalue weighted by atomic mass is 16.3. The van der Waals surface area contributed by atoms with Crippen LogP contribution in [-0.2, 0) is 7.05 Å². The van der Waals surface area contributed by atoms with Crippen molar-refractivity contribution in [3.05, 3.63) is 142 Å². The Morgan fingerprint density at radius 2 is 1.32 bits per heavy atom. The lowest BCUT2D eigenvalue weighted by molar-refractivity contribution is -0.669. The van der Waals surface area contributed by atoms with Gasteiger partial charge in [0.15, 0.2) is 11.3 Å². The first-order chi connectivity index (χ1) is 19.6. The molecule has 2 unspecified atom stereocenters. The van der Waals surface area contributed by atoms with Gasteiger partial charge in [0.25, 0.3) is 0 Å². The molecule has 4 aromatic carbocycles. The Morgan fingerprint density at radius 3 is 2.10 bits per heavy atom. The average molecular weight is 516 g/mol. The maximum Gasteiger partial charge on any atom is 0.227 e. The van der Waals surface area contributed by atoms with Gasteiger partial charge < -0.3 is 4.42 Å². The summed E-state index contributed by atoms with van der Waals surface area (Å²) in [6, 6.07) is 35.9. The van der Waals surface area contributed by atoms with Crippen LogP contribution in [0.2, 0.25) is 0 Å². The smallest absolute Gasteiger partial charge is 0.227 e. The molecule has 0 spiro atoms. The fourth-order valence-corrected chi connectivity index (χ4v) is 7.55. The highest BCUT2D eigenvalue weighted by Gasteiger charge is 2.47. The van der Waals surface area contributed by atoms with Crippen LogP contribution in [0.5, 0.6) is 0 Å². The molecule has 0 saturated heterocycles. The van der Waals surface area contributed by atoms with E-state index >= 15 is 0 Å². The van der Waals surface area contributed by atoms with Gasteiger partial charge in [0.05, 0.1) is 11.5 Å². The summed E-state index contributed by atoms with van der Waals surface area (Å²) in [4.78, 5) is 4.70. The van der Waals surface area contributed by atoms with Crippen molar-refractivity contribution < 1.29 is 8.98 Å². The number of pyridine rings is 2. The van der Waals surface area contributed by atoms with Crippen molar-refractivity contribution in [2.75, 3.05) is 0 Å². The third-order valence-corrected chi connectivity index (χ3v) is 9.33. The van der Waals surface area contributed by atoms with Crippen LogP contribution in [0.25, 0.3) is 44.1 Å². The third-order valence-electron chi connectivity index (χ3n) is 9.33. The molecular weight excluding hydrogens is 488 g/mol. The second-order valence-electron chi connectivity index (χ2n) is 11.5. The zero-order valence-electron chi connectivity index (χ0n) is 22.7. The minimum absolute atomic E-state index is 0.181. The van der Waals surface area contributed by atoms with Gasteiger partial charge in [0, 0.05) is 34.0 Å². The monoisotopic (exact) mass is 515 g/mol. The number of fused-ring (bicyclic) bond motifs is 4. The van der Waals surface area contributed by atoms with Crippen LogP contribution in [-0.4, -0.2) is 4.98 Å². The molecule has 190 valence electrons. The van der Waals surface area contributed by atoms with Crippen molar-refractivity contribution in [2.45, 2.75) is 25.7 Å². The molecule has 0 saturated carbocycles. The molecule has 0 radical (unpaired) electrons. The molecule has 3 heterocycles. The molecular formula is C37H27N2O+. The zero-order valence-corrected chi connectivity index (χ0v) is 22.7. The Labute approximate surface area is 232 Å². The molecule has 2 bridgehead atoms. The molecule has 3 heteroatoms. The fraction of sp³-hybridized carbons (Fsp3) is 0.135. The largest absolute Gasteiger partial charge is 0.437 e. The quantitative estimate of drug-likeness (QED) is 0.206. The van der Waals surface area contributed by atoms with Crippen molar-refractivity contribution >= 4 is 32.8 Å². The van der Waals surface area contributed by atoms with Gasteiger partial charge in [-0.2, -0.15) is 4.57 Å². The Bertz CT molecular complexity index is 2220. The first-order valence-electron chi connectivity index (χ1n) is 14.0. The highest BCUT2D eigenvalue weighted by molar-refractivity contribution is 6.08. The summed E-state index contributed by atoms with van der Waals surface area (Å²) in [7, 11) is 2.24. The Kier molecular flexibility index (Phi) is 4.24. The summed E-state index contributed by atoms with van der Waals surface area (Å²) >= 11 is 0. The standard InChI is InChI=1S/C37H27N2O/c1-20-12-14-26-27-15-13-21(2)38-37(27)40-36(26)32(20)31-17-16-28-33-24-10-6-7-11-25(24)34(35(28)39(31)3)30-19-23-9-5-4-8-22(23)18-29(30)33/h4-19,33-34H,1-3H3/q+1. The van der Waals surface area contributed by atoms with Gasteiger partial charge in [-0.3, -0.25) is 0 Å². The lowest BCUT2D eigenvalue weighted by Gasteiger charge is -2.40. The van der Waals surface area contributed by atoms with Crippen molar-refractivity contribution in [2.24, 2.45) is 7.05 Å². The molecule has 10 rings (SSSR count). The van der Waals surface area contributed by atoms with Gasteiger partial charge in [-0.15, -0.1) is 0 Å². The second-order valence-corrected chi connectivity index (χ2v) is 11.5. The predicted molar refractivity (Wildman–Crippen MR) is 160 cm³/mol. The zero-order chi connectivity index (χ0) is 26.7. The predicted octanol–water partition coefficient (Wildman–Crippen LogP) is 8.23. The first kappa shape index (κ1) is 22.1. The normalized spacial score (nSPS) is 16.9. The van der Waals surface area contributed by atoms with Gasteiger partial charge in [-0.25, -0.2) is 4.98 Å². The minimum Gasteiger partial charge on any atom is -0.437 e. The van der Waals surface area contributed by atoms with Crippen molar-refractivity contribution in [3.63, 3.8) is 0 Å². The van der Waals surface area contributed by atoms with Crippen LogP contribution in [0.15, 0.2) is 101 Å². The van der Waals surface area contributed by atoms with E-state index in [1.54, 1.807) is 0 Å². The van der Waals surface area contributed by atoms with E-state index in [1.165, 1.54) is 55.5 Å². The molecule has 3 aliphatic rings. The maximum atomic E-state index is 6.50. The number of benzene rings is 4. The van der Waals surface area contributed by atoms with Crippen molar-refractivity contribution in [3.8, 4) is 11.3 Å². The molecule has 40 heavy (non-hydrogen) atoms. The van der Waals surface area contributed by atoms with Crippen LogP contribution >= 0.6 is 0 Å². The number of hydrogen-bond donors (Lipinski definition) is 0. The molecule has 0 aliphatic heterocycles. The summed E-state index contributed by atoms with van der Waals surface area (Å²) in [5, 5.41) is 4.79. The van der Waals surface area contributed by atoms with Crippen molar-refractivity contribution in [1.82, 2.24) is 4.98 Å². The van der Waals surface area contributed by atoms with Gasteiger partial charge in [-0.1, -0.05) is 60.7 Å². The van der Waals surface area contributed by atoms with Crippen LogP contribution in [0.3, 0.4) is 0 Å². The summed E-state index contributed by atoms with van der Waals surface area (Å²) in [5.74, 6) is 0.409. The number of hydrogen-bond acceptors (Lipinski definition) is 2. The van der Waals surface area contributed by atoms with Gasteiger partial charge in [0.2, 0.25) is 11.4 Å². The highest BCUT2D eigenvalue weighted by Crippen LogP contribution is 2.55. The number of aryl methyl sites for hydroxylation is 2. The molecule has 3 nitrogen and oxygen atoms in total. The van der Waals surface area contributed by atoms with E-state index in [0.29, 0.717) is 5.71 Å². The average Bonchev–Trinajstić information content (AvgIpc) is 3.34. The van der Waals surface area contributed by atoms with Crippen LogP contribution in [0.1, 0.15) is 56.6 Å². The van der Waals surface area contributed by atoms with E-state index < -0.39 is 0 Å². The summed E-state index contributed by atoms with van der Waals surface area (Å²) in [6.45, 7) is 4.19. The Balaban J connectivity index is 1.34. The number of furan rings is 1. The van der Waals surface area contributed by atoms with Crippen LogP contribution in [0, 0.1) is 13.8 Å². The number of rotatable bonds is 1. The van der Waals surface area contributed by atoms with E-state index in [0.717, 1.165) is 27.6 Å². The summed E-state index contributed by atoms with van der Waals surface area (Å²) < 4.78 is 8.94. The number of aromatic nitrogens is 2. The SMILES string of the molecule is Cc1ccc2c(n1)oc1c(-c3ccc4c([n+]3C)C3c5ccccc5C4c4cc5ccccc5cc43)c(C)ccc12. The van der Waals surface area contributed by atoms with Gasteiger partial charge in [-0.05, 0) is 82.8 Å². The first-order valence-corrected chi connectivity index (χ1v) is 14.0. The van der Waals surface area contributed by atoms with E-state index in [2.05, 4.69) is 116 Å². The number of nitrogens with zero attached hydrogens (tertiary/aromatic N) is 2. The molecule has 0 fully saturated rings. The van der Waals surface area contributed by atoms with Gasteiger partial charge in [0.1, 0.15) is 7.05 Å². The van der Waals surface area contributed by atoms with E-state index in [4.69, 9.17) is 9.40 Å². The topological polar surface area (TPSA) is 29.9 Å². The van der Waals surface area contributed by atoms with E-state index in [9.17, 15) is 0 Å². The fourth-order valence-electron chi connectivity index (χ4n) is 7.55. The lowest BCUT2D eigenvalue weighted by atomic mass is 9.62. The van der Waals surface area contributed by atoms with Crippen LogP contribution in [0.4, 0.5) is 0 Å². The summed E-state index contributed by atoms with van der Waals surface area (Å²) in [6.07, 6.45) is 0. The molecule has 0 amide bonds. The third kappa shape index (κ3) is 2.74. The van der Waals surface area contributed by atoms with E-state index in [1.807, 2.05) is 6.92 Å². The van der Waals surface area contributed by atoms with Crippen LogP contribution < -0.4 is 4.57 Å². The second kappa shape index (κ2) is 7.67. The molecule has 3 aromatic heterocycles. The van der Waals surface area contributed by atoms with Crippen molar-refractivity contribution in [1.29, 1.82) is 0 Å². The van der Waals surface area contributed by atoms with E-state index in [-0.39, 0.29) is 11.8 Å². The summed E-state index contributed by atoms with van der Waals surface area (Å²) in [5.41, 5.74) is 14.6. The maximum absolute atomic E-state index is 6.50. The molecule has 7 aromatic rings. The van der Waals surface area contributed by atoms with Gasteiger partial charge >= 0.3 is 0 Å². The minimum atomic E-state index is 0.181. The Morgan fingerprint density at radius 1 is 0.650 bits per heavy atom. The molecule has 2 atom stereocenters.